The van der Waals surface area contributed by atoms with Gasteiger partial charge >= 0.3 is 6.61 Å². The normalized spacial score (nSPS) is 10.9. The van der Waals surface area contributed by atoms with Gasteiger partial charge in [-0.3, -0.25) is 0 Å². The second-order valence-electron chi connectivity index (χ2n) is 2.86. The fourth-order valence-corrected chi connectivity index (χ4v) is 1.52. The molecule has 0 amide bonds. The van der Waals surface area contributed by atoms with Crippen LogP contribution in [0.2, 0.25) is 5.15 Å². The van der Waals surface area contributed by atoms with Gasteiger partial charge in [0.1, 0.15) is 10.9 Å². The third-order valence-corrected chi connectivity index (χ3v) is 2.21. The number of hydrogen-bond acceptors (Lipinski definition) is 2. The lowest BCUT2D eigenvalue weighted by Crippen LogP contribution is -2.01. The van der Waals surface area contributed by atoms with Gasteiger partial charge in [0.2, 0.25) is 0 Å². The first-order chi connectivity index (χ1) is 7.16. The highest BCUT2D eigenvalue weighted by Crippen LogP contribution is 2.25. The number of aromatic nitrogens is 1. The van der Waals surface area contributed by atoms with Crippen molar-refractivity contribution >= 4 is 22.4 Å². The van der Waals surface area contributed by atoms with Crippen molar-refractivity contribution in [2.45, 2.75) is 6.61 Å². The van der Waals surface area contributed by atoms with Crippen LogP contribution in [0.25, 0.3) is 10.8 Å². The number of alkyl halides is 2. The van der Waals surface area contributed by atoms with Crippen LogP contribution in [0.15, 0.2) is 30.5 Å². The van der Waals surface area contributed by atoms with Crippen LogP contribution in [0.3, 0.4) is 0 Å². The maximum atomic E-state index is 11.9. The van der Waals surface area contributed by atoms with E-state index in [-0.39, 0.29) is 5.75 Å². The molecule has 1 heterocycles. The van der Waals surface area contributed by atoms with E-state index in [2.05, 4.69) is 9.72 Å². The summed E-state index contributed by atoms with van der Waals surface area (Å²) in [6.07, 6.45) is 1.51. The molecule has 0 bridgehead atoms. The zero-order valence-electron chi connectivity index (χ0n) is 7.45. The van der Waals surface area contributed by atoms with E-state index in [0.717, 1.165) is 0 Å². The lowest BCUT2D eigenvalue weighted by atomic mass is 10.2. The number of ether oxygens (including phenoxy) is 1. The van der Waals surface area contributed by atoms with Crippen LogP contribution in [-0.2, 0) is 0 Å². The highest BCUT2D eigenvalue weighted by molar-refractivity contribution is 6.34. The summed E-state index contributed by atoms with van der Waals surface area (Å²) in [6, 6.07) is 6.21. The summed E-state index contributed by atoms with van der Waals surface area (Å²) < 4.78 is 28.1. The van der Waals surface area contributed by atoms with E-state index in [1.165, 1.54) is 18.3 Å². The first kappa shape index (κ1) is 10.1. The van der Waals surface area contributed by atoms with E-state index in [1.807, 2.05) is 0 Å². The number of hydrogen-bond donors (Lipinski definition) is 0. The van der Waals surface area contributed by atoms with Crippen molar-refractivity contribution in [2.75, 3.05) is 0 Å². The molecule has 1 aromatic carbocycles. The van der Waals surface area contributed by atoms with E-state index in [9.17, 15) is 8.78 Å². The smallest absolute Gasteiger partial charge is 0.387 e. The molecule has 0 saturated heterocycles. The van der Waals surface area contributed by atoms with Gasteiger partial charge in [0.15, 0.2) is 0 Å². The Hall–Kier alpha value is -1.42. The number of rotatable bonds is 2. The van der Waals surface area contributed by atoms with Gasteiger partial charge in [-0.25, -0.2) is 4.98 Å². The summed E-state index contributed by atoms with van der Waals surface area (Å²) in [5.41, 5.74) is 0. The van der Waals surface area contributed by atoms with Crippen molar-refractivity contribution in [3.63, 3.8) is 0 Å². The number of fused-ring (bicyclic) bond motifs is 1. The summed E-state index contributed by atoms with van der Waals surface area (Å²) in [4.78, 5) is 3.87. The van der Waals surface area contributed by atoms with Crippen LogP contribution >= 0.6 is 11.6 Å². The standard InChI is InChI=1S/C10H6ClF2NO/c11-9-8-2-1-7(15-10(12)13)5-6(8)3-4-14-9/h1-5,10H. The minimum absolute atomic E-state index is 0.111. The maximum Gasteiger partial charge on any atom is 0.387 e. The molecule has 0 atom stereocenters. The molecule has 15 heavy (non-hydrogen) atoms. The van der Waals surface area contributed by atoms with Gasteiger partial charge in [0, 0.05) is 11.6 Å². The maximum absolute atomic E-state index is 11.9. The molecule has 2 rings (SSSR count). The van der Waals surface area contributed by atoms with Crippen molar-refractivity contribution < 1.29 is 13.5 Å². The predicted octanol–water partition coefficient (Wildman–Crippen LogP) is 3.49. The Bertz CT molecular complexity index is 490. The molecule has 0 unspecified atom stereocenters. The average molecular weight is 230 g/mol. The van der Waals surface area contributed by atoms with Crippen molar-refractivity contribution in [2.24, 2.45) is 0 Å². The quantitative estimate of drug-likeness (QED) is 0.736. The summed E-state index contributed by atoms with van der Waals surface area (Å²) >= 11 is 5.82. The van der Waals surface area contributed by atoms with Gasteiger partial charge in [-0.2, -0.15) is 8.78 Å². The fraction of sp³-hybridized carbons (Fsp3) is 0.100. The van der Waals surface area contributed by atoms with E-state index < -0.39 is 6.61 Å². The molecule has 0 aliphatic carbocycles. The van der Waals surface area contributed by atoms with Crippen molar-refractivity contribution in [1.82, 2.24) is 4.98 Å². The van der Waals surface area contributed by atoms with Gasteiger partial charge in [-0.15, -0.1) is 0 Å². The number of pyridine rings is 1. The molecule has 1 aromatic heterocycles. The van der Waals surface area contributed by atoms with Crippen LogP contribution in [0.5, 0.6) is 5.75 Å². The fourth-order valence-electron chi connectivity index (χ4n) is 1.30. The summed E-state index contributed by atoms with van der Waals surface area (Å²) in [7, 11) is 0. The molecule has 2 aromatic rings. The molecular formula is C10H6ClF2NO. The third kappa shape index (κ3) is 2.15. The second kappa shape index (κ2) is 3.98. The van der Waals surface area contributed by atoms with Gasteiger partial charge in [-0.1, -0.05) is 11.6 Å². The van der Waals surface area contributed by atoms with Crippen LogP contribution in [0.4, 0.5) is 8.78 Å². The van der Waals surface area contributed by atoms with Gasteiger partial charge in [0.25, 0.3) is 0 Å². The minimum Gasteiger partial charge on any atom is -0.435 e. The Morgan fingerprint density at radius 3 is 2.80 bits per heavy atom. The summed E-state index contributed by atoms with van der Waals surface area (Å²) in [5, 5.41) is 1.77. The Morgan fingerprint density at radius 1 is 1.27 bits per heavy atom. The Balaban J connectivity index is 2.48. The summed E-state index contributed by atoms with van der Waals surface area (Å²) in [6.45, 7) is -2.82. The number of halogens is 3. The molecule has 0 saturated carbocycles. The van der Waals surface area contributed by atoms with Crippen LogP contribution in [0.1, 0.15) is 0 Å². The number of benzene rings is 1. The van der Waals surface area contributed by atoms with Crippen molar-refractivity contribution in [3.05, 3.63) is 35.6 Å². The first-order valence-electron chi connectivity index (χ1n) is 4.16. The van der Waals surface area contributed by atoms with Crippen LogP contribution in [0, 0.1) is 0 Å². The molecule has 5 heteroatoms. The molecule has 0 N–H and O–H groups in total. The van der Waals surface area contributed by atoms with Gasteiger partial charge in [0.05, 0.1) is 0 Å². The van der Waals surface area contributed by atoms with Gasteiger partial charge in [-0.05, 0) is 29.7 Å². The largest absolute Gasteiger partial charge is 0.435 e. The van der Waals surface area contributed by atoms with Crippen LogP contribution in [-0.4, -0.2) is 11.6 Å². The highest BCUT2D eigenvalue weighted by Gasteiger charge is 2.06. The van der Waals surface area contributed by atoms with Gasteiger partial charge < -0.3 is 4.74 Å². The summed E-state index contributed by atoms with van der Waals surface area (Å²) in [5.74, 6) is 0.111. The highest BCUT2D eigenvalue weighted by atomic mass is 35.5. The van der Waals surface area contributed by atoms with Crippen molar-refractivity contribution in [3.8, 4) is 5.75 Å². The molecule has 78 valence electrons. The Kier molecular flexibility index (Phi) is 2.68. The predicted molar refractivity (Wildman–Crippen MR) is 53.4 cm³/mol. The molecule has 2 nitrogen and oxygen atoms in total. The molecular weight excluding hydrogens is 224 g/mol. The SMILES string of the molecule is FC(F)Oc1ccc2c(Cl)nccc2c1. The minimum atomic E-state index is -2.82. The molecule has 0 aliphatic rings. The van der Waals surface area contributed by atoms with E-state index in [4.69, 9.17) is 11.6 Å². The Morgan fingerprint density at radius 2 is 2.07 bits per heavy atom. The van der Waals surface area contributed by atoms with E-state index >= 15 is 0 Å². The van der Waals surface area contributed by atoms with E-state index in [1.54, 1.807) is 12.1 Å². The first-order valence-corrected chi connectivity index (χ1v) is 4.54. The topological polar surface area (TPSA) is 22.1 Å². The molecule has 0 radical (unpaired) electrons. The average Bonchev–Trinajstić information content (AvgIpc) is 2.17. The lowest BCUT2D eigenvalue weighted by molar-refractivity contribution is -0.0497. The molecule has 0 spiro atoms. The Labute approximate surface area is 89.4 Å². The lowest BCUT2D eigenvalue weighted by Gasteiger charge is -2.05. The molecule has 0 fully saturated rings. The van der Waals surface area contributed by atoms with Crippen molar-refractivity contribution in [1.29, 1.82) is 0 Å². The monoisotopic (exact) mass is 229 g/mol. The second-order valence-corrected chi connectivity index (χ2v) is 3.22. The zero-order valence-corrected chi connectivity index (χ0v) is 8.21. The number of nitrogens with zero attached hydrogens (tertiary/aromatic N) is 1. The van der Waals surface area contributed by atoms with E-state index in [0.29, 0.717) is 15.9 Å². The zero-order chi connectivity index (χ0) is 10.8. The third-order valence-electron chi connectivity index (χ3n) is 1.91. The molecule has 0 aliphatic heterocycles. The van der Waals surface area contributed by atoms with Crippen LogP contribution < -0.4 is 4.74 Å².